The molecule has 2 aliphatic rings. The number of allylic oxidation sites excluding steroid dienone is 6. The van der Waals surface area contributed by atoms with Gasteiger partial charge >= 0.3 is 0 Å². The number of hydrogen-bond acceptors (Lipinski definition) is 4. The molecule has 2 aliphatic carbocycles. The van der Waals surface area contributed by atoms with Gasteiger partial charge in [0.15, 0.2) is 0 Å². The van der Waals surface area contributed by atoms with Crippen LogP contribution in [0.15, 0.2) is 41.6 Å². The zero-order valence-electron chi connectivity index (χ0n) is 16.1. The van der Waals surface area contributed by atoms with Crippen LogP contribution in [0.25, 0.3) is 11.6 Å². The number of aromatic nitrogens is 2. The van der Waals surface area contributed by atoms with Crippen LogP contribution in [0.2, 0.25) is 0 Å². The van der Waals surface area contributed by atoms with Crippen LogP contribution >= 0.6 is 11.6 Å². The molecular formula is C21H28ClN5O. The van der Waals surface area contributed by atoms with Crippen molar-refractivity contribution < 1.29 is 4.79 Å². The number of nitrogens with two attached hydrogens (primary N) is 1. The predicted octanol–water partition coefficient (Wildman–Crippen LogP) is 2.83. The average Bonchev–Trinajstić information content (AvgIpc) is 2.90. The first-order chi connectivity index (χ1) is 13.6. The number of carbonyl (C=O) groups excluding carboxylic acids is 1. The molecule has 0 aliphatic heterocycles. The molecule has 0 bridgehead atoms. The highest BCUT2D eigenvalue weighted by atomic mass is 35.5. The van der Waals surface area contributed by atoms with Crippen molar-refractivity contribution in [2.45, 2.75) is 50.4 Å². The van der Waals surface area contributed by atoms with Crippen LogP contribution in [-0.2, 0) is 11.8 Å². The number of halogens is 1. The Kier molecular flexibility index (Phi) is 7.25. The van der Waals surface area contributed by atoms with Gasteiger partial charge in [-0.25, -0.2) is 4.98 Å². The van der Waals surface area contributed by atoms with E-state index in [9.17, 15) is 4.79 Å². The van der Waals surface area contributed by atoms with E-state index in [-0.39, 0.29) is 6.17 Å². The van der Waals surface area contributed by atoms with Gasteiger partial charge in [0.05, 0.1) is 18.1 Å². The summed E-state index contributed by atoms with van der Waals surface area (Å²) in [5.41, 5.74) is 8.47. The fourth-order valence-electron chi connectivity index (χ4n) is 3.71. The average molecular weight is 402 g/mol. The van der Waals surface area contributed by atoms with Crippen LogP contribution in [0.3, 0.4) is 0 Å². The lowest BCUT2D eigenvalue weighted by Gasteiger charge is -2.30. The lowest BCUT2D eigenvalue weighted by molar-refractivity contribution is -0.110. The van der Waals surface area contributed by atoms with Gasteiger partial charge in [0.1, 0.15) is 5.82 Å². The summed E-state index contributed by atoms with van der Waals surface area (Å²) in [6.07, 6.45) is 19.0. The van der Waals surface area contributed by atoms with Gasteiger partial charge in [-0.15, -0.1) is 0 Å². The van der Waals surface area contributed by atoms with Gasteiger partial charge in [0.25, 0.3) is 0 Å². The van der Waals surface area contributed by atoms with Gasteiger partial charge in [-0.05, 0) is 55.9 Å². The van der Waals surface area contributed by atoms with Crippen molar-refractivity contribution in [2.75, 3.05) is 0 Å². The fourth-order valence-corrected chi connectivity index (χ4v) is 3.86. The Morgan fingerprint density at radius 1 is 1.32 bits per heavy atom. The van der Waals surface area contributed by atoms with Gasteiger partial charge in [0, 0.05) is 24.2 Å². The molecule has 0 radical (unpaired) electrons. The van der Waals surface area contributed by atoms with E-state index in [0.717, 1.165) is 55.1 Å². The van der Waals surface area contributed by atoms with E-state index >= 15 is 0 Å². The van der Waals surface area contributed by atoms with E-state index in [1.54, 1.807) is 0 Å². The van der Waals surface area contributed by atoms with Gasteiger partial charge in [-0.3, -0.25) is 10.1 Å². The van der Waals surface area contributed by atoms with E-state index in [1.165, 1.54) is 5.57 Å². The normalized spacial score (nSPS) is 23.8. The third-order valence-corrected chi connectivity index (χ3v) is 5.61. The number of nitrogens with one attached hydrogen (secondary N) is 2. The second-order valence-electron chi connectivity index (χ2n) is 7.29. The molecule has 0 saturated heterocycles. The monoisotopic (exact) mass is 401 g/mol. The zero-order chi connectivity index (χ0) is 19.9. The fraction of sp³-hybridized carbons (Fsp3) is 0.429. The third kappa shape index (κ3) is 5.44. The molecule has 4 N–H and O–H groups in total. The molecule has 1 unspecified atom stereocenters. The summed E-state index contributed by atoms with van der Waals surface area (Å²) >= 11 is 6.07. The highest BCUT2D eigenvalue weighted by Crippen LogP contribution is 2.24. The van der Waals surface area contributed by atoms with Crippen LogP contribution in [0, 0.1) is 0 Å². The van der Waals surface area contributed by atoms with Crippen LogP contribution < -0.4 is 16.4 Å². The Bertz CT molecular complexity index is 797. The Hall–Kier alpha value is -2.15. The molecule has 1 atom stereocenters. The molecule has 1 heterocycles. The molecule has 28 heavy (non-hydrogen) atoms. The smallest absolute Gasteiger partial charge is 0.207 e. The maximum Gasteiger partial charge on any atom is 0.207 e. The molecular weight excluding hydrogens is 374 g/mol. The molecule has 1 aromatic rings. The van der Waals surface area contributed by atoms with E-state index in [0.29, 0.717) is 12.1 Å². The molecule has 7 heteroatoms. The maximum atomic E-state index is 10.5. The molecule has 1 saturated carbocycles. The topological polar surface area (TPSA) is 85.0 Å². The Labute approximate surface area is 171 Å². The van der Waals surface area contributed by atoms with E-state index in [2.05, 4.69) is 26.3 Å². The summed E-state index contributed by atoms with van der Waals surface area (Å²) in [4.78, 5) is 15.1. The molecule has 3 rings (SSSR count). The number of nitrogens with zero attached hydrogens (tertiary/aromatic N) is 2. The zero-order valence-corrected chi connectivity index (χ0v) is 16.9. The van der Waals surface area contributed by atoms with Gasteiger partial charge in [-0.1, -0.05) is 29.8 Å². The molecule has 1 aromatic heterocycles. The number of amides is 1. The lowest BCUT2D eigenvalue weighted by Crippen LogP contribution is -2.46. The van der Waals surface area contributed by atoms with Crippen LogP contribution in [0.5, 0.6) is 0 Å². The quantitative estimate of drug-likeness (QED) is 0.484. The highest BCUT2D eigenvalue weighted by molar-refractivity contribution is 6.31. The first-order valence-corrected chi connectivity index (χ1v) is 10.1. The van der Waals surface area contributed by atoms with E-state index in [4.69, 9.17) is 17.3 Å². The van der Waals surface area contributed by atoms with Crippen molar-refractivity contribution in [2.24, 2.45) is 12.8 Å². The first-order valence-electron chi connectivity index (χ1n) is 9.71. The number of rotatable bonds is 7. The summed E-state index contributed by atoms with van der Waals surface area (Å²) in [6, 6.07) is 0.673. The minimum absolute atomic E-state index is 0.234. The number of imidazole rings is 1. The summed E-state index contributed by atoms with van der Waals surface area (Å²) in [5, 5.41) is 7.06. The van der Waals surface area contributed by atoms with Crippen molar-refractivity contribution >= 4 is 29.7 Å². The van der Waals surface area contributed by atoms with E-state index in [1.807, 2.05) is 43.6 Å². The van der Waals surface area contributed by atoms with Crippen LogP contribution in [0.4, 0.5) is 0 Å². The van der Waals surface area contributed by atoms with E-state index < -0.39 is 0 Å². The number of carbonyl (C=O) groups is 1. The summed E-state index contributed by atoms with van der Waals surface area (Å²) in [7, 11) is 2.00. The van der Waals surface area contributed by atoms with Gasteiger partial charge in [0.2, 0.25) is 6.41 Å². The van der Waals surface area contributed by atoms with Crippen LogP contribution in [0.1, 0.15) is 43.6 Å². The highest BCUT2D eigenvalue weighted by Gasteiger charge is 2.21. The SMILES string of the molecule is Cn1c(C2=CC=CC(Cl)=CC2)cnc1/C=C\C(N)N[C@H]1CC[C@H](NC=O)CC1. The summed E-state index contributed by atoms with van der Waals surface area (Å²) in [6.45, 7) is 0. The molecule has 0 spiro atoms. The summed E-state index contributed by atoms with van der Waals surface area (Å²) in [5.74, 6) is 0.857. The third-order valence-electron chi connectivity index (χ3n) is 5.33. The summed E-state index contributed by atoms with van der Waals surface area (Å²) < 4.78 is 2.06. The van der Waals surface area contributed by atoms with Crippen molar-refractivity contribution in [3.8, 4) is 0 Å². The minimum atomic E-state index is -0.234. The Balaban J connectivity index is 1.56. The maximum absolute atomic E-state index is 10.5. The second-order valence-corrected chi connectivity index (χ2v) is 7.73. The molecule has 6 nitrogen and oxygen atoms in total. The van der Waals surface area contributed by atoms with Crippen LogP contribution in [-0.4, -0.2) is 34.2 Å². The molecule has 1 amide bonds. The lowest BCUT2D eigenvalue weighted by atomic mass is 9.91. The molecule has 0 aromatic carbocycles. The van der Waals surface area contributed by atoms with Crippen molar-refractivity contribution in [3.05, 3.63) is 53.1 Å². The predicted molar refractivity (Wildman–Crippen MR) is 114 cm³/mol. The Morgan fingerprint density at radius 2 is 2.07 bits per heavy atom. The largest absolute Gasteiger partial charge is 0.356 e. The van der Waals surface area contributed by atoms with Crippen molar-refractivity contribution in [3.63, 3.8) is 0 Å². The minimum Gasteiger partial charge on any atom is -0.356 e. The number of hydrogen-bond donors (Lipinski definition) is 3. The van der Waals surface area contributed by atoms with Crippen molar-refractivity contribution in [1.82, 2.24) is 20.2 Å². The Morgan fingerprint density at radius 3 is 2.82 bits per heavy atom. The van der Waals surface area contributed by atoms with Gasteiger partial charge < -0.3 is 15.6 Å². The second kappa shape index (κ2) is 9.87. The van der Waals surface area contributed by atoms with Gasteiger partial charge in [-0.2, -0.15) is 0 Å². The standard InChI is InChI=1S/C21H28ClN5O/c1-27-19(15-3-2-4-16(22)6-5-15)13-24-21(27)12-11-20(23)26-18-9-7-17(8-10-18)25-14-28/h2-4,6,11-14,17-18,20,26H,5,7-10,23H2,1H3,(H,25,28)/b12-11-/t17-,18-,20?. The van der Waals surface area contributed by atoms with Crippen molar-refractivity contribution in [1.29, 1.82) is 0 Å². The molecule has 150 valence electrons. The molecule has 1 fully saturated rings. The first kappa shape index (κ1) is 20.6.